The minimum absolute atomic E-state index is 0. The molecular weight excluding hydrogens is 568 g/mol. The van der Waals surface area contributed by atoms with Gasteiger partial charge in [-0.15, -0.1) is 17.0 Å². The molecule has 0 atom stereocenters. The minimum atomic E-state index is -0.641. The summed E-state index contributed by atoms with van der Waals surface area (Å²) < 4.78 is 17.1. The van der Waals surface area contributed by atoms with E-state index in [0.29, 0.717) is 47.9 Å². The Labute approximate surface area is 239 Å². The van der Waals surface area contributed by atoms with Crippen molar-refractivity contribution in [3.05, 3.63) is 52.1 Å². The number of fused-ring (bicyclic) bond motifs is 1. The van der Waals surface area contributed by atoms with E-state index in [1.165, 1.54) is 7.11 Å². The Morgan fingerprint density at radius 2 is 1.74 bits per heavy atom. The Morgan fingerprint density at radius 3 is 2.31 bits per heavy atom. The molecule has 39 heavy (non-hydrogen) atoms. The lowest BCUT2D eigenvalue weighted by Crippen LogP contribution is -2.30. The molecule has 2 aromatic rings. The summed E-state index contributed by atoms with van der Waals surface area (Å²) in [7, 11) is 1.51. The molecule has 10 nitrogen and oxygen atoms in total. The fraction of sp³-hybridized carbons (Fsp3) is 0.429. The maximum Gasteiger partial charge on any atom is 0.252 e. The number of amides is 2. The van der Waals surface area contributed by atoms with E-state index in [9.17, 15) is 14.4 Å². The number of amidine groups is 1. The summed E-state index contributed by atoms with van der Waals surface area (Å²) in [5.74, 6) is 0.190. The number of halogens is 1. The number of rotatable bonds is 12. The van der Waals surface area contributed by atoms with Gasteiger partial charge in [0.1, 0.15) is 11.6 Å². The first kappa shape index (κ1) is 31.6. The van der Waals surface area contributed by atoms with Gasteiger partial charge in [0, 0.05) is 29.7 Å². The lowest BCUT2D eigenvalue weighted by atomic mass is 9.84. The molecular formula is C28H37BrN4O6. The van der Waals surface area contributed by atoms with Crippen LogP contribution in [-0.4, -0.2) is 55.2 Å². The van der Waals surface area contributed by atoms with Crippen molar-refractivity contribution in [3.63, 3.8) is 0 Å². The Morgan fingerprint density at radius 1 is 1.05 bits per heavy atom. The first-order valence-electron chi connectivity index (χ1n) is 12.5. The van der Waals surface area contributed by atoms with Crippen molar-refractivity contribution >= 4 is 40.4 Å². The molecule has 0 spiro atoms. The molecule has 0 unspecified atom stereocenters. The molecule has 5 N–H and O–H groups in total. The zero-order chi connectivity index (χ0) is 28.2. The number of hydrogen-bond acceptors (Lipinski definition) is 7. The van der Waals surface area contributed by atoms with E-state index >= 15 is 0 Å². The quantitative estimate of drug-likeness (QED) is 0.246. The molecule has 0 aliphatic carbocycles. The molecule has 2 amide bonds. The first-order chi connectivity index (χ1) is 17.9. The highest BCUT2D eigenvalue weighted by atomic mass is 79.9. The van der Waals surface area contributed by atoms with E-state index in [-0.39, 0.29) is 59.2 Å². The molecule has 1 aliphatic rings. The molecule has 0 saturated heterocycles. The van der Waals surface area contributed by atoms with Crippen LogP contribution < -0.4 is 25.7 Å². The van der Waals surface area contributed by atoms with Crippen LogP contribution in [0.15, 0.2) is 24.3 Å². The van der Waals surface area contributed by atoms with Crippen LogP contribution in [0.25, 0.3) is 0 Å². The number of ether oxygens (including phenoxy) is 3. The Kier molecular flexibility index (Phi) is 10.5. The number of carbonyl (C=O) groups is 3. The molecule has 1 aliphatic heterocycles. The highest BCUT2D eigenvalue weighted by Crippen LogP contribution is 2.40. The lowest BCUT2D eigenvalue weighted by molar-refractivity contribution is -0.118. The SMILES string of the molecule is Br.CCOc1cc2c(cc1C(N)=O)C(=N)N(CC(=O)c1cc(OC)c(OCCCC(N)=O)c(C(C)(C)C)c1)C2. The van der Waals surface area contributed by atoms with Gasteiger partial charge in [-0.05, 0) is 48.6 Å². The lowest BCUT2D eigenvalue weighted by Gasteiger charge is -2.26. The average molecular weight is 606 g/mol. The number of ketones is 1. The molecule has 212 valence electrons. The Hall–Kier alpha value is -3.60. The fourth-order valence-electron chi connectivity index (χ4n) is 4.34. The summed E-state index contributed by atoms with van der Waals surface area (Å²) in [4.78, 5) is 38.1. The number of Topliss-reactive ketones (excluding diaryl/α,β-unsaturated/α-hetero) is 1. The number of nitrogens with two attached hydrogens (primary N) is 2. The normalized spacial score (nSPS) is 12.4. The smallest absolute Gasteiger partial charge is 0.252 e. The Bertz CT molecular complexity index is 1270. The van der Waals surface area contributed by atoms with E-state index in [1.54, 1.807) is 29.2 Å². The summed E-state index contributed by atoms with van der Waals surface area (Å²) in [5, 5.41) is 8.64. The third kappa shape index (κ3) is 7.29. The molecule has 1 heterocycles. The first-order valence-corrected chi connectivity index (χ1v) is 12.5. The molecule has 11 heteroatoms. The summed E-state index contributed by atoms with van der Waals surface area (Å²) in [5.41, 5.74) is 13.1. The van der Waals surface area contributed by atoms with Crippen LogP contribution in [0.5, 0.6) is 17.2 Å². The predicted octanol–water partition coefficient (Wildman–Crippen LogP) is 3.74. The van der Waals surface area contributed by atoms with Crippen LogP contribution in [0.3, 0.4) is 0 Å². The summed E-state index contributed by atoms with van der Waals surface area (Å²) >= 11 is 0. The maximum atomic E-state index is 13.5. The van der Waals surface area contributed by atoms with Gasteiger partial charge in [-0.3, -0.25) is 19.8 Å². The Balaban J connectivity index is 0.00000533. The highest BCUT2D eigenvalue weighted by molar-refractivity contribution is 8.93. The van der Waals surface area contributed by atoms with Gasteiger partial charge < -0.3 is 30.6 Å². The number of methoxy groups -OCH3 is 1. The van der Waals surface area contributed by atoms with Crippen LogP contribution in [0.1, 0.15) is 77.9 Å². The highest BCUT2D eigenvalue weighted by Gasteiger charge is 2.30. The van der Waals surface area contributed by atoms with E-state index in [4.69, 9.17) is 31.1 Å². The van der Waals surface area contributed by atoms with Crippen molar-refractivity contribution in [2.24, 2.45) is 11.5 Å². The molecule has 3 rings (SSSR count). The molecule has 0 saturated carbocycles. The minimum Gasteiger partial charge on any atom is -0.493 e. The van der Waals surface area contributed by atoms with Gasteiger partial charge in [-0.2, -0.15) is 0 Å². The zero-order valence-corrected chi connectivity index (χ0v) is 24.7. The molecule has 0 aromatic heterocycles. The predicted molar refractivity (Wildman–Crippen MR) is 154 cm³/mol. The second kappa shape index (κ2) is 13.0. The number of benzene rings is 2. The van der Waals surface area contributed by atoms with Crippen LogP contribution in [-0.2, 0) is 16.8 Å². The summed E-state index contributed by atoms with van der Waals surface area (Å²) in [6.07, 6.45) is 0.670. The summed E-state index contributed by atoms with van der Waals surface area (Å²) in [6.45, 7) is 8.74. The monoisotopic (exact) mass is 604 g/mol. The van der Waals surface area contributed by atoms with Crippen molar-refractivity contribution in [1.82, 2.24) is 4.90 Å². The standard InChI is InChI=1S/C28H36N4O6.BrH/c1-6-37-22-12-17-14-32(26(30)18(17)13-19(22)27(31)35)15-21(33)16-10-20(28(2,3)4)25(23(11-16)36-5)38-9-7-8-24(29)34;/h10-13,30H,6-9,14-15H2,1-5H3,(H2,29,34)(H2,31,35);1H. The van der Waals surface area contributed by atoms with Gasteiger partial charge >= 0.3 is 0 Å². The van der Waals surface area contributed by atoms with Gasteiger partial charge in [0.2, 0.25) is 5.91 Å². The van der Waals surface area contributed by atoms with E-state index < -0.39 is 11.8 Å². The van der Waals surface area contributed by atoms with E-state index in [2.05, 4.69) is 0 Å². The van der Waals surface area contributed by atoms with Crippen LogP contribution in [0, 0.1) is 5.41 Å². The van der Waals surface area contributed by atoms with Crippen molar-refractivity contribution in [1.29, 1.82) is 5.41 Å². The van der Waals surface area contributed by atoms with Gasteiger partial charge in [-0.25, -0.2) is 0 Å². The van der Waals surface area contributed by atoms with Crippen molar-refractivity contribution in [2.45, 2.75) is 52.5 Å². The van der Waals surface area contributed by atoms with Gasteiger partial charge in [-0.1, -0.05) is 20.8 Å². The van der Waals surface area contributed by atoms with E-state index in [0.717, 1.165) is 11.1 Å². The maximum absolute atomic E-state index is 13.5. The molecule has 0 bridgehead atoms. The zero-order valence-electron chi connectivity index (χ0n) is 23.0. The van der Waals surface area contributed by atoms with Crippen LogP contribution in [0.2, 0.25) is 0 Å². The van der Waals surface area contributed by atoms with Crippen molar-refractivity contribution < 1.29 is 28.6 Å². The second-order valence-electron chi connectivity index (χ2n) is 10.2. The largest absolute Gasteiger partial charge is 0.493 e. The number of primary amides is 2. The van der Waals surface area contributed by atoms with Crippen molar-refractivity contribution in [2.75, 3.05) is 26.9 Å². The van der Waals surface area contributed by atoms with Crippen LogP contribution in [0.4, 0.5) is 0 Å². The molecule has 0 fully saturated rings. The third-order valence-corrected chi connectivity index (χ3v) is 6.26. The number of nitrogens with one attached hydrogen (secondary N) is 1. The third-order valence-electron chi connectivity index (χ3n) is 6.26. The van der Waals surface area contributed by atoms with E-state index in [1.807, 2.05) is 27.7 Å². The topological polar surface area (TPSA) is 158 Å². The average Bonchev–Trinajstić information content (AvgIpc) is 3.14. The molecule has 0 radical (unpaired) electrons. The van der Waals surface area contributed by atoms with Crippen LogP contribution >= 0.6 is 17.0 Å². The second-order valence-corrected chi connectivity index (χ2v) is 10.2. The van der Waals surface area contributed by atoms with Gasteiger partial charge in [0.05, 0.1) is 32.4 Å². The molecule has 2 aromatic carbocycles. The van der Waals surface area contributed by atoms with Gasteiger partial charge in [0.15, 0.2) is 17.3 Å². The number of carbonyl (C=O) groups excluding carboxylic acids is 3. The van der Waals surface area contributed by atoms with Crippen molar-refractivity contribution in [3.8, 4) is 17.2 Å². The fourth-order valence-corrected chi connectivity index (χ4v) is 4.34. The van der Waals surface area contributed by atoms with Gasteiger partial charge in [0.25, 0.3) is 5.91 Å². The summed E-state index contributed by atoms with van der Waals surface area (Å²) in [6, 6.07) is 6.69. The number of nitrogens with zero attached hydrogens (tertiary/aromatic N) is 1. The number of hydrogen-bond donors (Lipinski definition) is 3.